The van der Waals surface area contributed by atoms with Gasteiger partial charge in [-0.05, 0) is 57.8 Å². The van der Waals surface area contributed by atoms with Crippen LogP contribution in [-0.4, -0.2) is 47.4 Å². The van der Waals surface area contributed by atoms with E-state index >= 15 is 0 Å². The topological polar surface area (TPSA) is 95.9 Å². The molecule has 0 radical (unpaired) electrons. The number of allylic oxidation sites excluding steroid dienone is 4. The highest BCUT2D eigenvalue weighted by Crippen LogP contribution is 2.19. The Morgan fingerprint density at radius 2 is 0.617 bits per heavy atom. The predicted molar refractivity (Wildman–Crippen MR) is 356 cm³/mol. The van der Waals surface area contributed by atoms with Gasteiger partial charge in [0.25, 0.3) is 0 Å². The second-order valence-electron chi connectivity index (χ2n) is 25.6. The number of amides is 1. The second kappa shape index (κ2) is 70.8. The molecule has 0 heterocycles. The molecule has 2 unspecified atom stereocenters. The molecule has 0 aromatic carbocycles. The Kier molecular flexibility index (Phi) is 69.4. The summed E-state index contributed by atoms with van der Waals surface area (Å²) < 4.78 is 5.48. The monoisotopic (exact) mass is 1140 g/mol. The Balaban J connectivity index is 3.36. The maximum Gasteiger partial charge on any atom is 0.305 e. The SMILES string of the molecule is CCCCCCCCCCCCCCCCCCCC(O)C(CO)NC(=O)CCCCCCCCCCCCCCCCCCC/C=C\C/C=C\CCCCCCCCCCCCCOC(=O)CCCCCCCCCCCCCC. The number of esters is 1. The fraction of sp³-hybridized carbons (Fsp3) is 0.920. The first-order valence-electron chi connectivity index (χ1n) is 37.1. The first kappa shape index (κ1) is 79.3. The quantitative estimate of drug-likeness (QED) is 0.0320. The summed E-state index contributed by atoms with van der Waals surface area (Å²) in [6, 6.07) is -0.540. The molecule has 0 aromatic rings. The van der Waals surface area contributed by atoms with Crippen LogP contribution in [0.15, 0.2) is 24.3 Å². The standard InChI is InChI=1S/C75H145NO5/c1-3-5-7-9-11-13-15-17-18-38-41-44-47-51-55-59-63-67-73(78)72(71-77)76-74(79)68-64-60-56-52-48-45-42-39-36-34-32-30-28-26-24-22-20-19-21-23-25-27-29-31-33-35-37-40-43-46-50-54-58-62-66-70-81-75(80)69-65-61-57-53-49-16-14-12-10-8-6-4-2/h21,23,27,29,72-73,77-78H,3-20,22,24-26,28,30-71H2,1-2H3,(H,76,79)/b23-21-,29-27-. The molecule has 3 N–H and O–H groups in total. The van der Waals surface area contributed by atoms with Crippen molar-refractivity contribution in [2.75, 3.05) is 13.2 Å². The molecule has 0 spiro atoms. The number of carbonyl (C=O) groups excluding carboxylic acids is 2. The van der Waals surface area contributed by atoms with Gasteiger partial charge in [-0.2, -0.15) is 0 Å². The Morgan fingerprint density at radius 3 is 0.938 bits per heavy atom. The molecular formula is C75H145NO5. The van der Waals surface area contributed by atoms with Crippen LogP contribution in [0.1, 0.15) is 418 Å². The van der Waals surface area contributed by atoms with E-state index in [2.05, 4.69) is 43.5 Å². The molecule has 480 valence electrons. The number of hydrogen-bond donors (Lipinski definition) is 3. The Bertz CT molecular complexity index is 1270. The normalized spacial score (nSPS) is 12.6. The zero-order valence-corrected chi connectivity index (χ0v) is 55.0. The fourth-order valence-electron chi connectivity index (χ4n) is 11.9. The van der Waals surface area contributed by atoms with E-state index in [0.29, 0.717) is 25.9 Å². The van der Waals surface area contributed by atoms with Gasteiger partial charge >= 0.3 is 5.97 Å². The molecule has 6 nitrogen and oxygen atoms in total. The molecule has 0 aliphatic carbocycles. The van der Waals surface area contributed by atoms with Crippen molar-refractivity contribution in [3.63, 3.8) is 0 Å². The highest BCUT2D eigenvalue weighted by molar-refractivity contribution is 5.76. The van der Waals surface area contributed by atoms with Gasteiger partial charge in [-0.25, -0.2) is 0 Å². The number of ether oxygens (including phenoxy) is 1. The molecule has 0 aromatic heterocycles. The number of nitrogens with one attached hydrogen (secondary N) is 1. The zero-order valence-electron chi connectivity index (χ0n) is 55.0. The summed E-state index contributed by atoms with van der Waals surface area (Å²) in [4.78, 5) is 24.6. The van der Waals surface area contributed by atoms with Crippen molar-refractivity contribution in [3.05, 3.63) is 24.3 Å². The Labute approximate surface area is 507 Å². The number of unbranched alkanes of at least 4 members (excludes halogenated alkanes) is 55. The molecule has 1 amide bonds. The minimum atomic E-state index is -0.663. The van der Waals surface area contributed by atoms with Crippen LogP contribution in [0, 0.1) is 0 Å². The lowest BCUT2D eigenvalue weighted by Gasteiger charge is -2.22. The van der Waals surface area contributed by atoms with Crippen molar-refractivity contribution < 1.29 is 24.5 Å². The van der Waals surface area contributed by atoms with E-state index in [9.17, 15) is 19.8 Å². The molecule has 0 rings (SSSR count). The third kappa shape index (κ3) is 67.3. The lowest BCUT2D eigenvalue weighted by Crippen LogP contribution is -2.45. The second-order valence-corrected chi connectivity index (χ2v) is 25.6. The van der Waals surface area contributed by atoms with E-state index in [0.717, 1.165) is 44.9 Å². The van der Waals surface area contributed by atoms with Crippen molar-refractivity contribution in [1.29, 1.82) is 0 Å². The lowest BCUT2D eigenvalue weighted by molar-refractivity contribution is -0.143. The van der Waals surface area contributed by atoms with Gasteiger partial charge < -0.3 is 20.3 Å². The molecule has 0 saturated heterocycles. The third-order valence-corrected chi connectivity index (χ3v) is 17.5. The zero-order chi connectivity index (χ0) is 58.5. The van der Waals surface area contributed by atoms with Crippen LogP contribution in [0.3, 0.4) is 0 Å². The number of aliphatic hydroxyl groups excluding tert-OH is 2. The van der Waals surface area contributed by atoms with Gasteiger partial charge in [-0.3, -0.25) is 9.59 Å². The molecule has 6 heteroatoms. The summed E-state index contributed by atoms with van der Waals surface area (Å²) in [6.45, 7) is 4.99. The van der Waals surface area contributed by atoms with Crippen LogP contribution in [0.5, 0.6) is 0 Å². The minimum Gasteiger partial charge on any atom is -0.466 e. The first-order chi connectivity index (χ1) is 40.0. The minimum absolute atomic E-state index is 0.0182. The molecule has 0 bridgehead atoms. The van der Waals surface area contributed by atoms with E-state index in [-0.39, 0.29) is 18.5 Å². The molecule has 0 aliphatic heterocycles. The third-order valence-electron chi connectivity index (χ3n) is 17.5. The van der Waals surface area contributed by atoms with Crippen LogP contribution < -0.4 is 5.32 Å². The van der Waals surface area contributed by atoms with Crippen LogP contribution in [0.25, 0.3) is 0 Å². The average molecular weight is 1140 g/mol. The van der Waals surface area contributed by atoms with Gasteiger partial charge in [-0.15, -0.1) is 0 Å². The van der Waals surface area contributed by atoms with E-state index in [1.165, 1.54) is 340 Å². The van der Waals surface area contributed by atoms with Crippen molar-refractivity contribution in [3.8, 4) is 0 Å². The van der Waals surface area contributed by atoms with E-state index < -0.39 is 12.1 Å². The summed E-state index contributed by atoms with van der Waals surface area (Å²) in [6.07, 6.45) is 89.6. The highest BCUT2D eigenvalue weighted by Gasteiger charge is 2.20. The Morgan fingerprint density at radius 1 is 0.346 bits per heavy atom. The molecule has 2 atom stereocenters. The number of hydrogen-bond acceptors (Lipinski definition) is 5. The molecule has 0 aliphatic rings. The maximum atomic E-state index is 12.5. The summed E-state index contributed by atoms with van der Waals surface area (Å²) in [7, 11) is 0. The largest absolute Gasteiger partial charge is 0.466 e. The molecule has 0 saturated carbocycles. The van der Waals surface area contributed by atoms with Crippen molar-refractivity contribution in [2.45, 2.75) is 431 Å². The Hall–Kier alpha value is -1.66. The van der Waals surface area contributed by atoms with E-state index in [1.54, 1.807) is 0 Å². The summed E-state index contributed by atoms with van der Waals surface area (Å²) >= 11 is 0. The average Bonchev–Trinajstić information content (AvgIpc) is 3.47. The molecule has 0 fully saturated rings. The maximum absolute atomic E-state index is 12.5. The first-order valence-corrected chi connectivity index (χ1v) is 37.1. The molecular weight excluding hydrogens is 995 g/mol. The summed E-state index contributed by atoms with van der Waals surface area (Å²) in [5, 5.41) is 23.4. The van der Waals surface area contributed by atoms with Crippen molar-refractivity contribution >= 4 is 11.9 Å². The van der Waals surface area contributed by atoms with Gasteiger partial charge in [-0.1, -0.05) is 372 Å². The van der Waals surface area contributed by atoms with Crippen molar-refractivity contribution in [2.24, 2.45) is 0 Å². The number of aliphatic hydroxyl groups is 2. The summed E-state index contributed by atoms with van der Waals surface area (Å²) in [5.74, 6) is -0.0105. The summed E-state index contributed by atoms with van der Waals surface area (Å²) in [5.41, 5.74) is 0. The van der Waals surface area contributed by atoms with Gasteiger partial charge in [0.2, 0.25) is 5.91 Å². The van der Waals surface area contributed by atoms with Crippen LogP contribution in [-0.2, 0) is 14.3 Å². The van der Waals surface area contributed by atoms with E-state index in [1.807, 2.05) is 0 Å². The highest BCUT2D eigenvalue weighted by atomic mass is 16.5. The van der Waals surface area contributed by atoms with Crippen LogP contribution >= 0.6 is 0 Å². The predicted octanol–water partition coefficient (Wildman–Crippen LogP) is 24.1. The number of carbonyl (C=O) groups is 2. The van der Waals surface area contributed by atoms with Gasteiger partial charge in [0.15, 0.2) is 0 Å². The smallest absolute Gasteiger partial charge is 0.305 e. The lowest BCUT2D eigenvalue weighted by atomic mass is 10.0. The van der Waals surface area contributed by atoms with Crippen LogP contribution in [0.4, 0.5) is 0 Å². The number of rotatable bonds is 70. The van der Waals surface area contributed by atoms with Gasteiger partial charge in [0.05, 0.1) is 25.4 Å². The van der Waals surface area contributed by atoms with Crippen LogP contribution in [0.2, 0.25) is 0 Å². The molecule has 81 heavy (non-hydrogen) atoms. The van der Waals surface area contributed by atoms with Crippen molar-refractivity contribution in [1.82, 2.24) is 5.32 Å². The fourth-order valence-corrected chi connectivity index (χ4v) is 11.9. The van der Waals surface area contributed by atoms with Gasteiger partial charge in [0.1, 0.15) is 0 Å². The van der Waals surface area contributed by atoms with Gasteiger partial charge in [0, 0.05) is 12.8 Å². The van der Waals surface area contributed by atoms with E-state index in [4.69, 9.17) is 4.74 Å².